The van der Waals surface area contributed by atoms with Gasteiger partial charge in [0, 0.05) is 33.9 Å². The zero-order chi connectivity index (χ0) is 18.4. The summed E-state index contributed by atoms with van der Waals surface area (Å²) >= 11 is 0. The molecule has 1 aromatic carbocycles. The van der Waals surface area contributed by atoms with Gasteiger partial charge >= 0.3 is 5.97 Å². The molecule has 1 aromatic heterocycles. The lowest BCUT2D eigenvalue weighted by atomic mass is 9.79. The summed E-state index contributed by atoms with van der Waals surface area (Å²) in [5.41, 5.74) is 3.01. The highest BCUT2D eigenvalue weighted by atomic mass is 16.4. The van der Waals surface area contributed by atoms with Crippen molar-refractivity contribution in [3.63, 3.8) is 0 Å². The third-order valence-corrected chi connectivity index (χ3v) is 4.73. The first-order valence-electron chi connectivity index (χ1n) is 8.75. The standard InChI is InChI=1S/C20H27N3O2/c1-12-8-16(15-7-6-13(18(24)25)9-17(15)21-12)22-14-10-19(2,3)23-20(4,5)11-14/h6-9,14,23H,10-11H2,1-5H3,(H,21,22)(H,24,25). The zero-order valence-corrected chi connectivity index (χ0v) is 15.6. The molecule has 3 N–H and O–H groups in total. The fourth-order valence-corrected chi connectivity index (χ4v) is 4.26. The smallest absolute Gasteiger partial charge is 0.335 e. The summed E-state index contributed by atoms with van der Waals surface area (Å²) in [5.74, 6) is -0.929. The Bertz CT molecular complexity index is 811. The van der Waals surface area contributed by atoms with Gasteiger partial charge in [-0.3, -0.25) is 4.98 Å². The van der Waals surface area contributed by atoms with Gasteiger partial charge < -0.3 is 15.7 Å². The SMILES string of the molecule is Cc1cc(NC2CC(C)(C)NC(C)(C)C2)c2ccc(C(=O)O)cc2n1. The molecular weight excluding hydrogens is 314 g/mol. The summed E-state index contributed by atoms with van der Waals surface area (Å²) in [5, 5.41) is 17.6. The van der Waals surface area contributed by atoms with Crippen LogP contribution in [-0.2, 0) is 0 Å². The van der Waals surface area contributed by atoms with Crippen LogP contribution in [0.2, 0.25) is 0 Å². The molecule has 2 aromatic rings. The molecular formula is C20H27N3O2. The molecule has 0 unspecified atom stereocenters. The number of rotatable bonds is 3. The van der Waals surface area contributed by atoms with Crippen molar-refractivity contribution >= 4 is 22.6 Å². The second kappa shape index (κ2) is 5.99. The average Bonchev–Trinajstić information content (AvgIpc) is 2.42. The second-order valence-electron chi connectivity index (χ2n) is 8.49. The maximum absolute atomic E-state index is 11.2. The number of nitrogens with zero attached hydrogens (tertiary/aromatic N) is 1. The summed E-state index contributed by atoms with van der Waals surface area (Å²) in [6, 6.07) is 7.53. The number of aromatic nitrogens is 1. The summed E-state index contributed by atoms with van der Waals surface area (Å²) in [4.78, 5) is 15.7. The van der Waals surface area contributed by atoms with Crippen LogP contribution in [-0.4, -0.2) is 33.2 Å². The van der Waals surface area contributed by atoms with Gasteiger partial charge in [-0.1, -0.05) is 0 Å². The lowest BCUT2D eigenvalue weighted by Gasteiger charge is -2.47. The van der Waals surface area contributed by atoms with Gasteiger partial charge in [0.05, 0.1) is 11.1 Å². The average molecular weight is 341 g/mol. The van der Waals surface area contributed by atoms with E-state index in [4.69, 9.17) is 0 Å². The highest BCUT2D eigenvalue weighted by Crippen LogP contribution is 2.32. The van der Waals surface area contributed by atoms with Gasteiger partial charge in [-0.05, 0) is 71.7 Å². The molecule has 0 aliphatic carbocycles. The molecule has 1 aliphatic rings. The number of carbonyl (C=O) groups is 1. The molecule has 134 valence electrons. The number of hydrogen-bond donors (Lipinski definition) is 3. The van der Waals surface area contributed by atoms with Crippen molar-refractivity contribution in [1.82, 2.24) is 10.3 Å². The van der Waals surface area contributed by atoms with Crippen LogP contribution < -0.4 is 10.6 Å². The highest BCUT2D eigenvalue weighted by Gasteiger charge is 2.37. The second-order valence-corrected chi connectivity index (χ2v) is 8.49. The largest absolute Gasteiger partial charge is 0.478 e. The molecule has 0 amide bonds. The van der Waals surface area contributed by atoms with Crippen LogP contribution in [0.5, 0.6) is 0 Å². The predicted octanol–water partition coefficient (Wildman–Crippen LogP) is 3.96. The Morgan fingerprint density at radius 3 is 2.44 bits per heavy atom. The highest BCUT2D eigenvalue weighted by molar-refractivity contribution is 5.97. The number of fused-ring (bicyclic) bond motifs is 1. The van der Waals surface area contributed by atoms with Gasteiger partial charge in [0.15, 0.2) is 0 Å². The number of carboxylic acid groups (broad SMARTS) is 1. The third-order valence-electron chi connectivity index (χ3n) is 4.73. The minimum atomic E-state index is -0.929. The molecule has 0 bridgehead atoms. The molecule has 5 heteroatoms. The molecule has 0 saturated carbocycles. The first-order valence-corrected chi connectivity index (χ1v) is 8.75. The molecule has 0 spiro atoms. The number of nitrogens with one attached hydrogen (secondary N) is 2. The van der Waals surface area contributed by atoms with Crippen molar-refractivity contribution in [2.45, 2.75) is 64.6 Å². The molecule has 1 fully saturated rings. The summed E-state index contributed by atoms with van der Waals surface area (Å²) < 4.78 is 0. The van der Waals surface area contributed by atoms with E-state index in [1.54, 1.807) is 12.1 Å². The zero-order valence-electron chi connectivity index (χ0n) is 15.6. The van der Waals surface area contributed by atoms with E-state index >= 15 is 0 Å². The van der Waals surface area contributed by atoms with E-state index in [1.165, 1.54) is 0 Å². The van der Waals surface area contributed by atoms with Crippen LogP contribution >= 0.6 is 0 Å². The van der Waals surface area contributed by atoms with Crippen molar-refractivity contribution in [2.24, 2.45) is 0 Å². The Morgan fingerprint density at radius 1 is 1.20 bits per heavy atom. The van der Waals surface area contributed by atoms with Crippen LogP contribution in [0.15, 0.2) is 24.3 Å². The van der Waals surface area contributed by atoms with E-state index in [0.717, 1.165) is 35.1 Å². The lowest BCUT2D eigenvalue weighted by molar-refractivity contribution is 0.0697. The van der Waals surface area contributed by atoms with E-state index in [2.05, 4.69) is 43.3 Å². The van der Waals surface area contributed by atoms with E-state index < -0.39 is 5.97 Å². The van der Waals surface area contributed by atoms with Crippen LogP contribution in [0.1, 0.15) is 56.6 Å². The van der Waals surface area contributed by atoms with Crippen LogP contribution in [0, 0.1) is 6.92 Å². The van der Waals surface area contributed by atoms with Gasteiger partial charge in [0.25, 0.3) is 0 Å². The van der Waals surface area contributed by atoms with Gasteiger partial charge in [-0.2, -0.15) is 0 Å². The first-order chi connectivity index (χ1) is 11.5. The Labute approximate surface area is 148 Å². The third kappa shape index (κ3) is 3.93. The monoisotopic (exact) mass is 341 g/mol. The number of aromatic carboxylic acids is 1. The van der Waals surface area contributed by atoms with Crippen molar-refractivity contribution in [2.75, 3.05) is 5.32 Å². The summed E-state index contributed by atoms with van der Waals surface area (Å²) in [6.07, 6.45) is 2.04. The van der Waals surface area contributed by atoms with Crippen molar-refractivity contribution in [3.05, 3.63) is 35.5 Å². The number of piperidine rings is 1. The van der Waals surface area contributed by atoms with Crippen LogP contribution in [0.3, 0.4) is 0 Å². The van der Waals surface area contributed by atoms with Crippen LogP contribution in [0.4, 0.5) is 5.69 Å². The summed E-state index contributed by atoms with van der Waals surface area (Å²) in [7, 11) is 0. The molecule has 0 atom stereocenters. The van der Waals surface area contributed by atoms with E-state index in [0.29, 0.717) is 6.04 Å². The van der Waals surface area contributed by atoms with E-state index in [-0.39, 0.29) is 16.6 Å². The Kier molecular flexibility index (Phi) is 4.23. The van der Waals surface area contributed by atoms with Crippen molar-refractivity contribution < 1.29 is 9.90 Å². The predicted molar refractivity (Wildman–Crippen MR) is 101 cm³/mol. The van der Waals surface area contributed by atoms with E-state index in [1.807, 2.05) is 19.1 Å². The molecule has 3 rings (SSSR count). The Hall–Kier alpha value is -2.14. The van der Waals surface area contributed by atoms with Gasteiger partial charge in [-0.15, -0.1) is 0 Å². The maximum Gasteiger partial charge on any atom is 0.335 e. The number of hydrogen-bond acceptors (Lipinski definition) is 4. The fourth-order valence-electron chi connectivity index (χ4n) is 4.26. The Balaban J connectivity index is 1.97. The van der Waals surface area contributed by atoms with E-state index in [9.17, 15) is 9.90 Å². The molecule has 1 saturated heterocycles. The van der Waals surface area contributed by atoms with Gasteiger partial charge in [0.2, 0.25) is 0 Å². The van der Waals surface area contributed by atoms with Crippen molar-refractivity contribution in [3.8, 4) is 0 Å². The number of anilines is 1. The summed E-state index contributed by atoms with van der Waals surface area (Å²) in [6.45, 7) is 10.9. The molecule has 25 heavy (non-hydrogen) atoms. The quantitative estimate of drug-likeness (QED) is 0.788. The maximum atomic E-state index is 11.2. The Morgan fingerprint density at radius 2 is 1.84 bits per heavy atom. The first kappa shape index (κ1) is 17.7. The number of carboxylic acids is 1. The van der Waals surface area contributed by atoms with Gasteiger partial charge in [0.1, 0.15) is 0 Å². The molecule has 1 aliphatic heterocycles. The minimum absolute atomic E-state index is 0.0633. The minimum Gasteiger partial charge on any atom is -0.478 e. The van der Waals surface area contributed by atoms with Crippen molar-refractivity contribution in [1.29, 1.82) is 0 Å². The number of benzene rings is 1. The number of pyridine rings is 1. The molecule has 0 radical (unpaired) electrons. The lowest BCUT2D eigenvalue weighted by Crippen LogP contribution is -2.60. The van der Waals surface area contributed by atoms with Gasteiger partial charge in [-0.25, -0.2) is 4.79 Å². The number of aryl methyl sites for hydroxylation is 1. The van der Waals surface area contributed by atoms with Crippen LogP contribution in [0.25, 0.3) is 10.9 Å². The molecule has 5 nitrogen and oxygen atoms in total. The molecule has 2 heterocycles. The normalized spacial score (nSPS) is 19.7. The fraction of sp³-hybridized carbons (Fsp3) is 0.500. The topological polar surface area (TPSA) is 74.2 Å².